The molecule has 2 N–H and O–H groups in total. The van der Waals surface area contributed by atoms with Crippen LogP contribution in [0.4, 0.5) is 5.69 Å². The quantitative estimate of drug-likeness (QED) is 0.680. The van der Waals surface area contributed by atoms with Crippen molar-refractivity contribution in [2.45, 2.75) is 38.8 Å². The average molecular weight is 286 g/mol. The third-order valence-corrected chi connectivity index (χ3v) is 3.60. The number of rotatable bonds is 4. The molecule has 110 valence electrons. The first-order chi connectivity index (χ1) is 10.2. The summed E-state index contributed by atoms with van der Waals surface area (Å²) >= 11 is 0. The molecule has 0 radical (unpaired) electrons. The lowest BCUT2D eigenvalue weighted by atomic mass is 10.1. The maximum atomic E-state index is 11.9. The minimum atomic E-state index is -0.284. The van der Waals surface area contributed by atoms with E-state index in [-0.39, 0.29) is 19.0 Å². The molecule has 1 aliphatic rings. The number of carbonyl (C=O) groups excluding carboxylic acids is 1. The van der Waals surface area contributed by atoms with Gasteiger partial charge in [-0.05, 0) is 30.5 Å². The lowest BCUT2D eigenvalue weighted by molar-refractivity contribution is -0.144. The molecule has 0 unspecified atom stereocenters. The number of nitrogen functional groups attached to an aromatic ring is 1. The van der Waals surface area contributed by atoms with Gasteiger partial charge in [-0.1, -0.05) is 12.1 Å². The molecule has 0 amide bonds. The summed E-state index contributed by atoms with van der Waals surface area (Å²) in [5.74, 6) is 1.43. The normalized spacial score (nSPS) is 13.7. The minimum absolute atomic E-state index is 0.175. The van der Waals surface area contributed by atoms with Crippen molar-refractivity contribution in [1.29, 1.82) is 0 Å². The molecule has 0 atom stereocenters. The maximum absolute atomic E-state index is 11.9. The molecule has 0 fully saturated rings. The summed E-state index contributed by atoms with van der Waals surface area (Å²) in [6.07, 6.45) is 3.43. The average Bonchev–Trinajstić information content (AvgIpc) is 2.88. The van der Waals surface area contributed by atoms with E-state index in [1.165, 1.54) is 0 Å². The van der Waals surface area contributed by atoms with Crippen LogP contribution in [0.2, 0.25) is 0 Å². The van der Waals surface area contributed by atoms with Crippen LogP contribution in [0.1, 0.15) is 30.1 Å². The number of benzene rings is 1. The van der Waals surface area contributed by atoms with Crippen LogP contribution in [0, 0.1) is 0 Å². The summed E-state index contributed by atoms with van der Waals surface area (Å²) < 4.78 is 7.35. The first kappa shape index (κ1) is 13.6. The molecule has 0 spiro atoms. The molecular formula is C15H18N4O2. The summed E-state index contributed by atoms with van der Waals surface area (Å²) in [4.78, 5) is 11.9. The molecule has 1 aliphatic heterocycles. The van der Waals surface area contributed by atoms with Gasteiger partial charge in [-0.25, -0.2) is 0 Å². The summed E-state index contributed by atoms with van der Waals surface area (Å²) in [5, 5.41) is 8.24. The zero-order valence-corrected chi connectivity index (χ0v) is 11.8. The van der Waals surface area contributed by atoms with Crippen LogP contribution in [0.15, 0.2) is 24.3 Å². The van der Waals surface area contributed by atoms with Crippen molar-refractivity contribution < 1.29 is 9.53 Å². The van der Waals surface area contributed by atoms with Crippen molar-refractivity contribution >= 4 is 11.7 Å². The molecule has 1 aromatic carbocycles. The van der Waals surface area contributed by atoms with E-state index >= 15 is 0 Å². The zero-order valence-electron chi connectivity index (χ0n) is 11.8. The smallest absolute Gasteiger partial charge is 0.310 e. The van der Waals surface area contributed by atoms with Gasteiger partial charge < -0.3 is 15.0 Å². The number of aromatic nitrogens is 3. The van der Waals surface area contributed by atoms with E-state index in [0.29, 0.717) is 5.69 Å². The van der Waals surface area contributed by atoms with E-state index in [1.54, 1.807) is 12.1 Å². The summed E-state index contributed by atoms with van der Waals surface area (Å²) in [6.45, 7) is 1.08. The molecule has 1 aromatic heterocycles. The van der Waals surface area contributed by atoms with Crippen molar-refractivity contribution in [3.05, 3.63) is 41.5 Å². The number of nitrogens with zero attached hydrogens (tertiary/aromatic N) is 3. The fourth-order valence-electron chi connectivity index (χ4n) is 2.54. The van der Waals surface area contributed by atoms with Crippen LogP contribution in [-0.4, -0.2) is 20.7 Å². The van der Waals surface area contributed by atoms with E-state index in [2.05, 4.69) is 14.8 Å². The fourth-order valence-corrected chi connectivity index (χ4v) is 2.54. The van der Waals surface area contributed by atoms with E-state index in [0.717, 1.165) is 43.0 Å². The van der Waals surface area contributed by atoms with Crippen molar-refractivity contribution in [2.24, 2.45) is 0 Å². The highest BCUT2D eigenvalue weighted by molar-refractivity contribution is 5.72. The van der Waals surface area contributed by atoms with E-state index in [4.69, 9.17) is 10.5 Å². The highest BCUT2D eigenvalue weighted by Crippen LogP contribution is 2.15. The first-order valence-electron chi connectivity index (χ1n) is 7.13. The Bertz CT molecular complexity index is 651. The van der Waals surface area contributed by atoms with Crippen LogP contribution < -0.4 is 5.73 Å². The van der Waals surface area contributed by atoms with Gasteiger partial charge in [-0.15, -0.1) is 10.2 Å². The van der Waals surface area contributed by atoms with Crippen LogP contribution >= 0.6 is 0 Å². The second kappa shape index (κ2) is 5.95. The standard InChI is InChI=1S/C15H18N4O2/c16-12-5-3-4-11(8-12)9-15(20)21-10-14-18-17-13-6-1-2-7-19(13)14/h3-5,8H,1-2,6-7,9-10,16H2. The van der Waals surface area contributed by atoms with E-state index < -0.39 is 0 Å². The highest BCUT2D eigenvalue weighted by atomic mass is 16.5. The van der Waals surface area contributed by atoms with Crippen LogP contribution in [0.25, 0.3) is 0 Å². The lowest BCUT2D eigenvalue weighted by Crippen LogP contribution is -2.15. The van der Waals surface area contributed by atoms with Crippen LogP contribution in [0.3, 0.4) is 0 Å². The Kier molecular flexibility index (Phi) is 3.85. The minimum Gasteiger partial charge on any atom is -0.457 e. The molecule has 6 heteroatoms. The van der Waals surface area contributed by atoms with Crippen molar-refractivity contribution in [2.75, 3.05) is 5.73 Å². The van der Waals surface area contributed by atoms with Gasteiger partial charge in [0, 0.05) is 18.7 Å². The molecule has 2 heterocycles. The molecule has 0 bridgehead atoms. The van der Waals surface area contributed by atoms with Gasteiger partial charge in [0.2, 0.25) is 0 Å². The molecule has 0 saturated heterocycles. The number of hydrogen-bond donors (Lipinski definition) is 1. The zero-order chi connectivity index (χ0) is 14.7. The second-order valence-electron chi connectivity index (χ2n) is 5.22. The molecule has 21 heavy (non-hydrogen) atoms. The number of esters is 1. The monoisotopic (exact) mass is 286 g/mol. The summed E-state index contributed by atoms with van der Waals surface area (Å²) in [5.41, 5.74) is 7.18. The fraction of sp³-hybridized carbons (Fsp3) is 0.400. The Hall–Kier alpha value is -2.37. The van der Waals surface area contributed by atoms with Crippen LogP contribution in [0.5, 0.6) is 0 Å². The van der Waals surface area contributed by atoms with Gasteiger partial charge in [0.15, 0.2) is 12.4 Å². The lowest BCUT2D eigenvalue weighted by Gasteiger charge is -2.14. The van der Waals surface area contributed by atoms with Gasteiger partial charge in [0.25, 0.3) is 0 Å². The van der Waals surface area contributed by atoms with Crippen LogP contribution in [-0.2, 0) is 35.5 Å². The van der Waals surface area contributed by atoms with Crippen molar-refractivity contribution in [1.82, 2.24) is 14.8 Å². The molecule has 0 aliphatic carbocycles. The number of carbonyl (C=O) groups is 1. The van der Waals surface area contributed by atoms with E-state index in [1.807, 2.05) is 12.1 Å². The van der Waals surface area contributed by atoms with Gasteiger partial charge >= 0.3 is 5.97 Å². The predicted molar refractivity (Wildman–Crippen MR) is 77.3 cm³/mol. The van der Waals surface area contributed by atoms with Gasteiger partial charge in [0.1, 0.15) is 5.82 Å². The Morgan fingerprint density at radius 3 is 3.10 bits per heavy atom. The topological polar surface area (TPSA) is 83.0 Å². The molecule has 6 nitrogen and oxygen atoms in total. The molecule has 2 aromatic rings. The second-order valence-corrected chi connectivity index (χ2v) is 5.22. The summed E-state index contributed by atoms with van der Waals surface area (Å²) in [7, 11) is 0. The number of hydrogen-bond acceptors (Lipinski definition) is 5. The SMILES string of the molecule is Nc1cccc(CC(=O)OCc2nnc3n2CCCC3)c1. The number of nitrogens with two attached hydrogens (primary N) is 1. The maximum Gasteiger partial charge on any atom is 0.310 e. The largest absolute Gasteiger partial charge is 0.457 e. The Morgan fingerprint density at radius 2 is 2.24 bits per heavy atom. The van der Waals surface area contributed by atoms with Crippen molar-refractivity contribution in [3.8, 4) is 0 Å². The summed E-state index contributed by atoms with van der Waals surface area (Å²) in [6, 6.07) is 7.25. The number of anilines is 1. The highest BCUT2D eigenvalue weighted by Gasteiger charge is 2.16. The third-order valence-electron chi connectivity index (χ3n) is 3.60. The Labute approximate surface area is 122 Å². The number of ether oxygens (including phenoxy) is 1. The molecular weight excluding hydrogens is 268 g/mol. The van der Waals surface area contributed by atoms with Crippen molar-refractivity contribution in [3.63, 3.8) is 0 Å². The van der Waals surface area contributed by atoms with Gasteiger partial charge in [-0.3, -0.25) is 4.79 Å². The van der Waals surface area contributed by atoms with Gasteiger partial charge in [0.05, 0.1) is 6.42 Å². The predicted octanol–water partition coefficient (Wildman–Crippen LogP) is 1.48. The number of fused-ring (bicyclic) bond motifs is 1. The molecule has 0 saturated carbocycles. The molecule has 3 rings (SSSR count). The Balaban J connectivity index is 1.57. The first-order valence-corrected chi connectivity index (χ1v) is 7.13. The Morgan fingerprint density at radius 1 is 1.33 bits per heavy atom. The third kappa shape index (κ3) is 3.21. The van der Waals surface area contributed by atoms with Gasteiger partial charge in [-0.2, -0.15) is 0 Å². The van der Waals surface area contributed by atoms with E-state index in [9.17, 15) is 4.79 Å². The number of aryl methyl sites for hydroxylation is 1.